The maximum atomic E-state index is 13.0. The van der Waals surface area contributed by atoms with E-state index in [-0.39, 0.29) is 16.7 Å². The molecule has 0 aromatic heterocycles. The Labute approximate surface area is 97.6 Å². The van der Waals surface area contributed by atoms with Crippen LogP contribution in [0, 0.1) is 11.0 Å². The third-order valence-electron chi connectivity index (χ3n) is 2.82. The van der Waals surface area contributed by atoms with Crippen LogP contribution in [-0.4, -0.2) is 22.5 Å². The zero-order chi connectivity index (χ0) is 12.4. The lowest BCUT2D eigenvalue weighted by Crippen LogP contribution is -2.26. The van der Waals surface area contributed by atoms with Crippen LogP contribution >= 0.6 is 0 Å². The van der Waals surface area contributed by atoms with Gasteiger partial charge in [0.25, 0.3) is 0 Å². The average Bonchev–Trinajstić information content (AvgIpc) is 2.64. The van der Waals surface area contributed by atoms with E-state index in [0.717, 1.165) is 24.6 Å². The van der Waals surface area contributed by atoms with Crippen molar-refractivity contribution in [2.75, 3.05) is 5.23 Å². The second kappa shape index (κ2) is 4.87. The summed E-state index contributed by atoms with van der Waals surface area (Å²) in [7, 11) is 0. The predicted octanol–water partition coefficient (Wildman–Crippen LogP) is 1.81. The summed E-state index contributed by atoms with van der Waals surface area (Å²) < 4.78 is 18.4. The fourth-order valence-corrected chi connectivity index (χ4v) is 1.95. The van der Waals surface area contributed by atoms with Gasteiger partial charge < -0.3 is 20.3 Å². The van der Waals surface area contributed by atoms with Gasteiger partial charge in [-0.15, -0.1) is 0 Å². The second-order valence-corrected chi connectivity index (χ2v) is 4.04. The molecular weight excluding hydrogens is 229 g/mol. The van der Waals surface area contributed by atoms with E-state index in [9.17, 15) is 14.7 Å². The zero-order valence-corrected chi connectivity index (χ0v) is 9.04. The molecule has 1 aromatic carbocycles. The number of nitrogens with zero attached hydrogens (tertiary/aromatic N) is 1. The van der Waals surface area contributed by atoms with Gasteiger partial charge in [-0.1, -0.05) is 0 Å². The van der Waals surface area contributed by atoms with Crippen LogP contribution < -0.4 is 9.96 Å². The number of benzene rings is 1. The van der Waals surface area contributed by atoms with E-state index in [1.54, 1.807) is 0 Å². The highest BCUT2D eigenvalue weighted by Crippen LogP contribution is 2.32. The molecule has 0 heterocycles. The summed E-state index contributed by atoms with van der Waals surface area (Å²) >= 11 is 0. The first-order chi connectivity index (χ1) is 8.08. The van der Waals surface area contributed by atoms with Crippen molar-refractivity contribution in [2.45, 2.75) is 31.5 Å². The van der Waals surface area contributed by atoms with Crippen molar-refractivity contribution in [3.05, 3.63) is 29.2 Å². The Morgan fingerprint density at radius 3 is 2.76 bits per heavy atom. The van der Waals surface area contributed by atoms with Crippen LogP contribution in [0.25, 0.3) is 0 Å². The minimum Gasteiger partial charge on any atom is -0.733 e. The first kappa shape index (κ1) is 12.1. The molecule has 2 atom stereocenters. The number of anilines is 1. The van der Waals surface area contributed by atoms with Gasteiger partial charge in [0.05, 0.1) is 11.8 Å². The molecule has 5 nitrogen and oxygen atoms in total. The van der Waals surface area contributed by atoms with Crippen LogP contribution in [0.15, 0.2) is 18.2 Å². The van der Waals surface area contributed by atoms with Gasteiger partial charge in [0.1, 0.15) is 17.7 Å². The predicted molar refractivity (Wildman–Crippen MR) is 58.3 cm³/mol. The summed E-state index contributed by atoms with van der Waals surface area (Å²) in [5.74, 6) is -0.633. The summed E-state index contributed by atoms with van der Waals surface area (Å²) in [6.07, 6.45) is 0.994. The number of hydrogen-bond acceptors (Lipinski definition) is 5. The fraction of sp³-hybridized carbons (Fsp3) is 0.455. The van der Waals surface area contributed by atoms with Crippen molar-refractivity contribution in [3.8, 4) is 5.75 Å². The van der Waals surface area contributed by atoms with Crippen LogP contribution in [0.2, 0.25) is 0 Å². The van der Waals surface area contributed by atoms with Crippen LogP contribution in [0.4, 0.5) is 10.1 Å². The van der Waals surface area contributed by atoms with E-state index >= 15 is 0 Å². The smallest absolute Gasteiger partial charge is 0.147 e. The molecule has 1 aliphatic rings. The molecule has 1 fully saturated rings. The van der Waals surface area contributed by atoms with Crippen LogP contribution in [0.3, 0.4) is 0 Å². The van der Waals surface area contributed by atoms with Crippen molar-refractivity contribution < 1.29 is 19.4 Å². The van der Waals surface area contributed by atoms with Crippen LogP contribution in [0.5, 0.6) is 5.75 Å². The number of halogens is 1. The van der Waals surface area contributed by atoms with Gasteiger partial charge in [-0.2, -0.15) is 0 Å². The van der Waals surface area contributed by atoms with Crippen molar-refractivity contribution in [1.82, 2.24) is 0 Å². The maximum absolute atomic E-state index is 13.0. The molecule has 1 aromatic rings. The van der Waals surface area contributed by atoms with E-state index < -0.39 is 18.0 Å². The van der Waals surface area contributed by atoms with Crippen molar-refractivity contribution in [1.29, 1.82) is 0 Å². The summed E-state index contributed by atoms with van der Waals surface area (Å²) in [6, 6.07) is 3.19. The first-order valence-electron chi connectivity index (χ1n) is 5.38. The number of aliphatic hydroxyl groups is 1. The molecule has 94 valence electrons. The molecule has 0 spiro atoms. The van der Waals surface area contributed by atoms with Crippen molar-refractivity contribution >= 4 is 5.69 Å². The molecule has 0 aliphatic heterocycles. The third kappa shape index (κ3) is 2.66. The largest absolute Gasteiger partial charge is 0.733 e. The lowest BCUT2D eigenvalue weighted by molar-refractivity contribution is 0.0599. The summed E-state index contributed by atoms with van der Waals surface area (Å²) in [5.41, 5.74) is -0.175. The Morgan fingerprint density at radius 1 is 1.41 bits per heavy atom. The zero-order valence-electron chi connectivity index (χ0n) is 9.04. The van der Waals surface area contributed by atoms with E-state index in [0.29, 0.717) is 12.8 Å². The Kier molecular flexibility index (Phi) is 3.46. The van der Waals surface area contributed by atoms with E-state index in [1.165, 1.54) is 0 Å². The molecular formula is C11H13FNO4-. The molecule has 2 rings (SSSR count). The number of aliphatic hydroxyl groups excluding tert-OH is 1. The number of hydrogen-bond donors (Lipinski definition) is 2. The molecule has 2 N–H and O–H groups in total. The Morgan fingerprint density at radius 2 is 2.18 bits per heavy atom. The van der Waals surface area contributed by atoms with Crippen molar-refractivity contribution in [2.24, 2.45) is 0 Å². The first-order valence-corrected chi connectivity index (χ1v) is 5.38. The standard InChI is InChI=1S/C11H13FNO4/c12-7-4-5-8(13(15)16)11(6-7)17-10-3-1-2-9(10)14/h4-6,9-10,14-15H,1-3H2/q-1/t9-,10+/m0/s1. The van der Waals surface area contributed by atoms with Gasteiger partial charge in [0.15, 0.2) is 0 Å². The average molecular weight is 242 g/mol. The molecule has 0 bridgehead atoms. The minimum atomic E-state index is -0.620. The normalized spacial score (nSPS) is 23.8. The van der Waals surface area contributed by atoms with E-state index in [4.69, 9.17) is 9.94 Å². The Bertz CT molecular complexity index is 399. The van der Waals surface area contributed by atoms with Gasteiger partial charge in [-0.25, -0.2) is 4.39 Å². The van der Waals surface area contributed by atoms with Gasteiger partial charge in [-0.05, 0) is 31.4 Å². The molecule has 0 saturated heterocycles. The van der Waals surface area contributed by atoms with Gasteiger partial charge in [0, 0.05) is 6.07 Å². The number of rotatable bonds is 3. The van der Waals surface area contributed by atoms with Crippen molar-refractivity contribution in [3.63, 3.8) is 0 Å². The fourth-order valence-electron chi connectivity index (χ4n) is 1.95. The maximum Gasteiger partial charge on any atom is 0.147 e. The molecule has 0 radical (unpaired) electrons. The van der Waals surface area contributed by atoms with E-state index in [2.05, 4.69) is 0 Å². The monoisotopic (exact) mass is 242 g/mol. The molecule has 0 unspecified atom stereocenters. The summed E-state index contributed by atoms with van der Waals surface area (Å²) in [5, 5.41) is 28.9. The Hall–Kier alpha value is -1.37. The highest BCUT2D eigenvalue weighted by molar-refractivity contribution is 5.57. The SMILES string of the molecule is [O-]N(O)c1ccc(F)cc1O[C@@H]1CCC[C@@H]1O. The molecule has 0 amide bonds. The van der Waals surface area contributed by atoms with Crippen LogP contribution in [-0.2, 0) is 0 Å². The molecule has 1 aliphatic carbocycles. The minimum absolute atomic E-state index is 0.0616. The lowest BCUT2D eigenvalue weighted by atomic mass is 10.2. The quantitative estimate of drug-likeness (QED) is 0.790. The van der Waals surface area contributed by atoms with Gasteiger partial charge in [-0.3, -0.25) is 5.21 Å². The van der Waals surface area contributed by atoms with E-state index in [1.807, 2.05) is 0 Å². The van der Waals surface area contributed by atoms with Gasteiger partial charge >= 0.3 is 0 Å². The molecule has 1 saturated carbocycles. The summed E-state index contributed by atoms with van der Waals surface area (Å²) in [6.45, 7) is 0. The lowest BCUT2D eigenvalue weighted by Gasteiger charge is -2.26. The third-order valence-corrected chi connectivity index (χ3v) is 2.82. The summed E-state index contributed by atoms with van der Waals surface area (Å²) in [4.78, 5) is 0. The highest BCUT2D eigenvalue weighted by atomic mass is 19.1. The number of ether oxygens (including phenoxy) is 1. The molecule has 17 heavy (non-hydrogen) atoms. The van der Waals surface area contributed by atoms with Crippen LogP contribution in [0.1, 0.15) is 19.3 Å². The topological polar surface area (TPSA) is 76.0 Å². The second-order valence-electron chi connectivity index (χ2n) is 4.04. The van der Waals surface area contributed by atoms with Gasteiger partial charge in [0.2, 0.25) is 0 Å². The Balaban J connectivity index is 2.21. The molecule has 6 heteroatoms. The highest BCUT2D eigenvalue weighted by Gasteiger charge is 2.27.